The Morgan fingerprint density at radius 2 is 1.92 bits per heavy atom. The fourth-order valence-corrected chi connectivity index (χ4v) is 3.42. The highest BCUT2D eigenvalue weighted by atomic mass is 16.5. The molecule has 1 aromatic carbocycles. The normalized spacial score (nSPS) is 18.3. The van der Waals surface area contributed by atoms with Crippen LogP contribution in [0.4, 0.5) is 5.69 Å². The molecule has 1 atom stereocenters. The summed E-state index contributed by atoms with van der Waals surface area (Å²) in [5.41, 5.74) is 3.36. The maximum Gasteiger partial charge on any atom is 0.313 e. The molecule has 2 N–H and O–H groups in total. The van der Waals surface area contributed by atoms with Gasteiger partial charge in [-0.1, -0.05) is 43.3 Å². The van der Waals surface area contributed by atoms with Gasteiger partial charge in [-0.2, -0.15) is 0 Å². The third-order valence-corrected chi connectivity index (χ3v) is 4.91. The molecular weight excluding hydrogens is 318 g/mol. The van der Waals surface area contributed by atoms with E-state index in [1.54, 1.807) is 13.8 Å². The van der Waals surface area contributed by atoms with Crippen LogP contribution in [0.15, 0.2) is 28.8 Å². The van der Waals surface area contributed by atoms with Gasteiger partial charge in [0.25, 0.3) is 0 Å². The predicted octanol–water partition coefficient (Wildman–Crippen LogP) is 3.16. The second-order valence-corrected chi connectivity index (χ2v) is 7.19. The van der Waals surface area contributed by atoms with Crippen LogP contribution in [-0.4, -0.2) is 17.0 Å². The third-order valence-electron chi connectivity index (χ3n) is 4.91. The molecule has 2 aromatic rings. The molecule has 0 fully saturated rings. The Labute approximate surface area is 147 Å². The van der Waals surface area contributed by atoms with Gasteiger partial charge in [0.05, 0.1) is 6.04 Å². The first-order valence-corrected chi connectivity index (χ1v) is 8.44. The van der Waals surface area contributed by atoms with Gasteiger partial charge in [-0.3, -0.25) is 9.59 Å². The number of aryl methyl sites for hydroxylation is 2. The zero-order chi connectivity index (χ0) is 18.2. The predicted molar refractivity (Wildman–Crippen MR) is 94.2 cm³/mol. The van der Waals surface area contributed by atoms with Gasteiger partial charge in [0, 0.05) is 0 Å². The first-order valence-electron chi connectivity index (χ1n) is 8.44. The van der Waals surface area contributed by atoms with E-state index in [0.717, 1.165) is 18.4 Å². The summed E-state index contributed by atoms with van der Waals surface area (Å²) in [6.07, 6.45) is 1.74. The van der Waals surface area contributed by atoms with Crippen LogP contribution in [0.3, 0.4) is 0 Å². The van der Waals surface area contributed by atoms with E-state index in [2.05, 4.69) is 35.7 Å². The summed E-state index contributed by atoms with van der Waals surface area (Å²) in [6.45, 7) is 7.80. The number of hydrogen-bond acceptors (Lipinski definition) is 4. The van der Waals surface area contributed by atoms with Gasteiger partial charge in [-0.15, -0.1) is 0 Å². The molecule has 6 nitrogen and oxygen atoms in total. The second kappa shape index (κ2) is 6.35. The second-order valence-electron chi connectivity index (χ2n) is 7.19. The van der Waals surface area contributed by atoms with Crippen LogP contribution in [0.1, 0.15) is 55.3 Å². The number of hydrogen-bond donors (Lipinski definition) is 2. The van der Waals surface area contributed by atoms with Gasteiger partial charge in [-0.25, -0.2) is 0 Å². The van der Waals surface area contributed by atoms with Crippen LogP contribution in [0.5, 0.6) is 0 Å². The van der Waals surface area contributed by atoms with E-state index >= 15 is 0 Å². The largest absolute Gasteiger partial charge is 0.359 e. The molecule has 0 spiro atoms. The number of nitrogens with one attached hydrogen (secondary N) is 2. The van der Waals surface area contributed by atoms with Crippen molar-refractivity contribution in [2.45, 2.75) is 52.0 Å². The quantitative estimate of drug-likeness (QED) is 0.822. The van der Waals surface area contributed by atoms with Crippen molar-refractivity contribution in [2.24, 2.45) is 0 Å². The standard InChI is InChI=1S/C19H23N3O3/c1-11-16(12(2)25-22-11)21-18(24)17(23)20-15-9-10-19(3,4)14-8-6-5-7-13(14)15/h5-8,15H,9-10H2,1-4H3,(H,20,23)(H,21,24)/t15-/m0/s1. The van der Waals surface area contributed by atoms with E-state index in [4.69, 9.17) is 4.52 Å². The van der Waals surface area contributed by atoms with Gasteiger partial charge < -0.3 is 15.2 Å². The Kier molecular flexibility index (Phi) is 4.37. The fraction of sp³-hybridized carbons (Fsp3) is 0.421. The van der Waals surface area contributed by atoms with Crippen molar-refractivity contribution in [3.05, 3.63) is 46.8 Å². The molecule has 3 rings (SSSR count). The topological polar surface area (TPSA) is 84.2 Å². The minimum atomic E-state index is -0.711. The summed E-state index contributed by atoms with van der Waals surface area (Å²) < 4.78 is 5.00. The monoisotopic (exact) mass is 341 g/mol. The number of amides is 2. The Hall–Kier alpha value is -2.63. The number of aromatic nitrogens is 1. The van der Waals surface area contributed by atoms with Gasteiger partial charge in [0.1, 0.15) is 11.4 Å². The average molecular weight is 341 g/mol. The van der Waals surface area contributed by atoms with E-state index in [1.165, 1.54) is 5.56 Å². The smallest absolute Gasteiger partial charge is 0.313 e. The van der Waals surface area contributed by atoms with Gasteiger partial charge in [0.15, 0.2) is 5.76 Å². The van der Waals surface area contributed by atoms with E-state index in [9.17, 15) is 9.59 Å². The van der Waals surface area contributed by atoms with E-state index in [-0.39, 0.29) is 11.5 Å². The first kappa shape index (κ1) is 17.2. The number of carbonyl (C=O) groups excluding carboxylic acids is 2. The molecule has 25 heavy (non-hydrogen) atoms. The van der Waals surface area contributed by atoms with Crippen LogP contribution < -0.4 is 10.6 Å². The molecule has 0 aliphatic heterocycles. The lowest BCUT2D eigenvalue weighted by molar-refractivity contribution is -0.136. The highest BCUT2D eigenvalue weighted by molar-refractivity contribution is 6.39. The van der Waals surface area contributed by atoms with Crippen molar-refractivity contribution >= 4 is 17.5 Å². The summed E-state index contributed by atoms with van der Waals surface area (Å²) >= 11 is 0. The molecule has 1 aromatic heterocycles. The summed E-state index contributed by atoms with van der Waals surface area (Å²) in [5, 5.41) is 9.21. The number of anilines is 1. The lowest BCUT2D eigenvalue weighted by atomic mass is 9.71. The third kappa shape index (κ3) is 3.29. The van der Waals surface area contributed by atoms with Crippen LogP contribution in [0.25, 0.3) is 0 Å². The fourth-order valence-electron chi connectivity index (χ4n) is 3.42. The van der Waals surface area contributed by atoms with Crippen molar-refractivity contribution in [1.82, 2.24) is 10.5 Å². The average Bonchev–Trinajstić information content (AvgIpc) is 2.89. The van der Waals surface area contributed by atoms with Crippen molar-refractivity contribution in [3.8, 4) is 0 Å². The summed E-state index contributed by atoms with van der Waals surface area (Å²) in [4.78, 5) is 24.6. The summed E-state index contributed by atoms with van der Waals surface area (Å²) in [6, 6.07) is 7.93. The van der Waals surface area contributed by atoms with Crippen molar-refractivity contribution in [1.29, 1.82) is 0 Å². The zero-order valence-electron chi connectivity index (χ0n) is 15.0. The summed E-state index contributed by atoms with van der Waals surface area (Å²) in [7, 11) is 0. The van der Waals surface area contributed by atoms with E-state index < -0.39 is 11.8 Å². The van der Waals surface area contributed by atoms with Crippen LogP contribution in [0, 0.1) is 13.8 Å². The van der Waals surface area contributed by atoms with Crippen LogP contribution in [0.2, 0.25) is 0 Å². The number of fused-ring (bicyclic) bond motifs is 1. The Balaban J connectivity index is 1.74. The summed E-state index contributed by atoms with van der Waals surface area (Å²) in [5.74, 6) is -0.889. The lowest BCUT2D eigenvalue weighted by Gasteiger charge is -2.37. The number of benzene rings is 1. The SMILES string of the molecule is Cc1noc(C)c1NC(=O)C(=O)N[C@H]1CCC(C)(C)c2ccccc21. The van der Waals surface area contributed by atoms with E-state index in [1.807, 2.05) is 18.2 Å². The van der Waals surface area contributed by atoms with Crippen molar-refractivity contribution in [3.63, 3.8) is 0 Å². The number of carbonyl (C=O) groups is 2. The molecule has 0 radical (unpaired) electrons. The highest BCUT2D eigenvalue weighted by Crippen LogP contribution is 2.41. The highest BCUT2D eigenvalue weighted by Gasteiger charge is 2.33. The van der Waals surface area contributed by atoms with Gasteiger partial charge in [-0.05, 0) is 43.2 Å². The van der Waals surface area contributed by atoms with Gasteiger partial charge >= 0.3 is 11.8 Å². The zero-order valence-corrected chi connectivity index (χ0v) is 15.0. The molecule has 0 saturated carbocycles. The number of rotatable bonds is 2. The lowest BCUT2D eigenvalue weighted by Crippen LogP contribution is -2.41. The molecule has 6 heteroatoms. The molecule has 132 valence electrons. The maximum atomic E-state index is 12.4. The van der Waals surface area contributed by atoms with Crippen molar-refractivity contribution < 1.29 is 14.1 Å². The molecule has 1 aliphatic rings. The molecule has 0 saturated heterocycles. The van der Waals surface area contributed by atoms with Gasteiger partial charge in [0.2, 0.25) is 0 Å². The van der Waals surface area contributed by atoms with Crippen LogP contribution in [-0.2, 0) is 15.0 Å². The minimum Gasteiger partial charge on any atom is -0.359 e. The number of nitrogens with zero attached hydrogens (tertiary/aromatic N) is 1. The molecule has 2 amide bonds. The maximum absolute atomic E-state index is 12.4. The minimum absolute atomic E-state index is 0.0662. The van der Waals surface area contributed by atoms with E-state index in [0.29, 0.717) is 17.1 Å². The Morgan fingerprint density at radius 3 is 2.60 bits per heavy atom. The molecule has 1 aliphatic carbocycles. The Morgan fingerprint density at radius 1 is 1.20 bits per heavy atom. The van der Waals surface area contributed by atoms with Crippen molar-refractivity contribution in [2.75, 3.05) is 5.32 Å². The molecule has 1 heterocycles. The molecular formula is C19H23N3O3. The molecule has 0 bridgehead atoms. The molecule has 0 unspecified atom stereocenters. The Bertz CT molecular complexity index is 804. The first-order chi connectivity index (χ1) is 11.8. The van der Waals surface area contributed by atoms with Crippen LogP contribution >= 0.6 is 0 Å².